The van der Waals surface area contributed by atoms with Crippen molar-refractivity contribution < 1.29 is 14.3 Å². The Hall–Kier alpha value is -0.570. The number of methoxy groups -OCH3 is 1. The summed E-state index contributed by atoms with van der Waals surface area (Å²) in [5, 5.41) is 0. The van der Waals surface area contributed by atoms with Gasteiger partial charge in [-0.15, -0.1) is 0 Å². The molecular formula is C18H32O3. The molecule has 21 heavy (non-hydrogen) atoms. The molecule has 3 nitrogen and oxygen atoms in total. The van der Waals surface area contributed by atoms with E-state index in [1.807, 2.05) is 0 Å². The van der Waals surface area contributed by atoms with Crippen LogP contribution in [0.5, 0.6) is 0 Å². The lowest BCUT2D eigenvalue weighted by atomic mass is 9.80. The molecule has 0 aromatic rings. The van der Waals surface area contributed by atoms with Crippen LogP contribution < -0.4 is 0 Å². The summed E-state index contributed by atoms with van der Waals surface area (Å²) < 4.78 is 10.1. The molecule has 0 amide bonds. The van der Waals surface area contributed by atoms with Gasteiger partial charge in [0.15, 0.2) is 5.60 Å². The molecule has 2 fully saturated rings. The summed E-state index contributed by atoms with van der Waals surface area (Å²) in [5.74, 6) is 1.57. The fourth-order valence-corrected chi connectivity index (χ4v) is 3.81. The van der Waals surface area contributed by atoms with Crippen LogP contribution in [0.4, 0.5) is 0 Å². The largest absolute Gasteiger partial charge is 0.467 e. The number of carbonyl (C=O) groups excluding carboxylic acids is 1. The van der Waals surface area contributed by atoms with E-state index in [1.54, 1.807) is 0 Å². The molecule has 0 aromatic carbocycles. The van der Waals surface area contributed by atoms with E-state index >= 15 is 0 Å². The Balaban J connectivity index is 1.62. The maximum atomic E-state index is 11.6. The van der Waals surface area contributed by atoms with Crippen molar-refractivity contribution in [3.8, 4) is 0 Å². The number of hydrogen-bond donors (Lipinski definition) is 0. The summed E-state index contributed by atoms with van der Waals surface area (Å²) in [6, 6.07) is 0. The molecule has 1 saturated heterocycles. The minimum absolute atomic E-state index is 0.185. The zero-order chi connectivity index (χ0) is 15.1. The maximum absolute atomic E-state index is 11.6. The zero-order valence-corrected chi connectivity index (χ0v) is 13.9. The number of unbranched alkanes of at least 4 members (excludes halogenated alkanes) is 1. The lowest BCUT2D eigenvalue weighted by Gasteiger charge is -2.26. The van der Waals surface area contributed by atoms with Gasteiger partial charge >= 0.3 is 5.97 Å². The second kappa shape index (κ2) is 8.17. The van der Waals surface area contributed by atoms with E-state index in [1.165, 1.54) is 64.9 Å². The van der Waals surface area contributed by atoms with E-state index in [9.17, 15) is 4.79 Å². The van der Waals surface area contributed by atoms with Crippen molar-refractivity contribution in [3.63, 3.8) is 0 Å². The van der Waals surface area contributed by atoms with Crippen LogP contribution >= 0.6 is 0 Å². The lowest BCUT2D eigenvalue weighted by molar-refractivity contribution is -0.147. The molecule has 2 atom stereocenters. The summed E-state index contributed by atoms with van der Waals surface area (Å²) in [7, 11) is 1.45. The third-order valence-corrected chi connectivity index (χ3v) is 5.49. The highest BCUT2D eigenvalue weighted by Crippen LogP contribution is 2.35. The number of esters is 1. The average Bonchev–Trinajstić information content (AvgIpc) is 3.23. The summed E-state index contributed by atoms with van der Waals surface area (Å²) in [6.07, 6.45) is 14.4. The first kappa shape index (κ1) is 16.8. The molecule has 0 aromatic heterocycles. The Kier molecular flexibility index (Phi) is 6.53. The third kappa shape index (κ3) is 4.98. The van der Waals surface area contributed by atoms with Gasteiger partial charge < -0.3 is 9.47 Å². The topological polar surface area (TPSA) is 38.8 Å². The molecule has 0 spiro atoms. The summed E-state index contributed by atoms with van der Waals surface area (Å²) in [4.78, 5) is 11.6. The van der Waals surface area contributed by atoms with E-state index in [0.717, 1.165) is 24.7 Å². The fraction of sp³-hybridized carbons (Fsp3) is 0.944. The van der Waals surface area contributed by atoms with Crippen molar-refractivity contribution in [1.82, 2.24) is 0 Å². The quantitative estimate of drug-likeness (QED) is 0.395. The smallest absolute Gasteiger partial charge is 0.340 e. The predicted molar refractivity (Wildman–Crippen MR) is 84.1 cm³/mol. The number of carbonyl (C=O) groups is 1. The van der Waals surface area contributed by atoms with Crippen LogP contribution in [0.25, 0.3) is 0 Å². The minimum atomic E-state index is -0.571. The van der Waals surface area contributed by atoms with Crippen LogP contribution in [0.3, 0.4) is 0 Å². The molecule has 122 valence electrons. The highest BCUT2D eigenvalue weighted by molar-refractivity contribution is 5.82. The van der Waals surface area contributed by atoms with Crippen molar-refractivity contribution in [1.29, 1.82) is 0 Å². The second-order valence-corrected chi connectivity index (χ2v) is 7.10. The van der Waals surface area contributed by atoms with Crippen LogP contribution in [0, 0.1) is 11.8 Å². The molecule has 1 saturated carbocycles. The molecular weight excluding hydrogens is 264 g/mol. The van der Waals surface area contributed by atoms with Gasteiger partial charge in [-0.2, -0.15) is 0 Å². The summed E-state index contributed by atoms with van der Waals surface area (Å²) in [5.41, 5.74) is -0.571. The normalized spacial score (nSPS) is 28.5. The van der Waals surface area contributed by atoms with Crippen molar-refractivity contribution in [2.75, 3.05) is 13.7 Å². The van der Waals surface area contributed by atoms with Gasteiger partial charge in [-0.25, -0.2) is 4.79 Å². The highest BCUT2D eigenvalue weighted by atomic mass is 16.6. The molecule has 2 rings (SSSR count). The van der Waals surface area contributed by atoms with Gasteiger partial charge in [0.25, 0.3) is 0 Å². The Morgan fingerprint density at radius 3 is 2.38 bits per heavy atom. The summed E-state index contributed by atoms with van der Waals surface area (Å²) >= 11 is 0. The standard InChI is InChI=1S/C18H32O3/c1-15(16-11-6-4-3-5-7-12-16)10-8-9-13-18(14-21-18)17(19)20-2/h15-16H,3-14H2,1-2H3. The number of rotatable bonds is 7. The van der Waals surface area contributed by atoms with Crippen LogP contribution in [-0.4, -0.2) is 25.3 Å². The molecule has 0 bridgehead atoms. The van der Waals surface area contributed by atoms with Crippen molar-refractivity contribution in [2.24, 2.45) is 11.8 Å². The van der Waals surface area contributed by atoms with Crippen LogP contribution in [-0.2, 0) is 14.3 Å². The molecule has 1 heterocycles. The maximum Gasteiger partial charge on any atom is 0.340 e. The van der Waals surface area contributed by atoms with Crippen molar-refractivity contribution in [2.45, 2.75) is 83.2 Å². The van der Waals surface area contributed by atoms with Gasteiger partial charge in [0.1, 0.15) is 0 Å². The number of hydrogen-bond acceptors (Lipinski definition) is 3. The van der Waals surface area contributed by atoms with Gasteiger partial charge in [-0.05, 0) is 24.7 Å². The SMILES string of the molecule is COC(=O)C1(CCCCC(C)C2CCCCCCC2)CO1. The third-order valence-electron chi connectivity index (χ3n) is 5.49. The minimum Gasteiger partial charge on any atom is -0.467 e. The first-order chi connectivity index (χ1) is 10.2. The van der Waals surface area contributed by atoms with E-state index in [4.69, 9.17) is 9.47 Å². The van der Waals surface area contributed by atoms with Gasteiger partial charge in [-0.1, -0.05) is 64.7 Å². The van der Waals surface area contributed by atoms with Gasteiger partial charge in [-0.3, -0.25) is 0 Å². The van der Waals surface area contributed by atoms with E-state index in [0.29, 0.717) is 6.61 Å². The van der Waals surface area contributed by atoms with Crippen LogP contribution in [0.1, 0.15) is 77.6 Å². The Morgan fingerprint density at radius 2 is 1.81 bits per heavy atom. The Bertz CT molecular complexity index is 314. The monoisotopic (exact) mass is 296 g/mol. The van der Waals surface area contributed by atoms with E-state index in [-0.39, 0.29) is 5.97 Å². The Morgan fingerprint density at radius 1 is 1.19 bits per heavy atom. The van der Waals surface area contributed by atoms with Crippen LogP contribution in [0.15, 0.2) is 0 Å². The number of ether oxygens (including phenoxy) is 2. The first-order valence-corrected chi connectivity index (χ1v) is 8.90. The molecule has 1 aliphatic heterocycles. The molecule has 1 aliphatic carbocycles. The Labute approximate surface area is 129 Å². The van der Waals surface area contributed by atoms with Crippen molar-refractivity contribution in [3.05, 3.63) is 0 Å². The van der Waals surface area contributed by atoms with Crippen molar-refractivity contribution >= 4 is 5.97 Å². The van der Waals surface area contributed by atoms with Gasteiger partial charge in [0.05, 0.1) is 13.7 Å². The zero-order valence-electron chi connectivity index (χ0n) is 13.9. The van der Waals surface area contributed by atoms with Gasteiger partial charge in [0.2, 0.25) is 0 Å². The van der Waals surface area contributed by atoms with E-state index in [2.05, 4.69) is 6.92 Å². The predicted octanol–water partition coefficient (Wildman–Crippen LogP) is 4.49. The van der Waals surface area contributed by atoms with Gasteiger partial charge in [0, 0.05) is 0 Å². The highest BCUT2D eigenvalue weighted by Gasteiger charge is 2.52. The molecule has 0 N–H and O–H groups in total. The number of epoxide rings is 1. The summed E-state index contributed by atoms with van der Waals surface area (Å²) in [6.45, 7) is 2.98. The fourth-order valence-electron chi connectivity index (χ4n) is 3.81. The molecule has 3 heteroatoms. The molecule has 2 unspecified atom stereocenters. The molecule has 0 radical (unpaired) electrons. The average molecular weight is 296 g/mol. The van der Waals surface area contributed by atoms with E-state index < -0.39 is 5.60 Å². The molecule has 2 aliphatic rings. The lowest BCUT2D eigenvalue weighted by Crippen LogP contribution is -2.26. The van der Waals surface area contributed by atoms with Crippen LogP contribution in [0.2, 0.25) is 0 Å². The second-order valence-electron chi connectivity index (χ2n) is 7.10. The first-order valence-electron chi connectivity index (χ1n) is 8.90.